The highest BCUT2D eigenvalue weighted by Crippen LogP contribution is 2.21. The first-order valence-corrected chi connectivity index (χ1v) is 24.6. The van der Waals surface area contributed by atoms with Crippen molar-refractivity contribution >= 4 is 11.9 Å². The van der Waals surface area contributed by atoms with Gasteiger partial charge in [-0.25, -0.2) is 0 Å². The van der Waals surface area contributed by atoms with Gasteiger partial charge < -0.3 is 19.1 Å². The van der Waals surface area contributed by atoms with E-state index in [9.17, 15) is 9.59 Å². The second kappa shape index (κ2) is 43.7. The van der Waals surface area contributed by atoms with Crippen LogP contribution in [0.1, 0.15) is 228 Å². The van der Waals surface area contributed by atoms with Gasteiger partial charge in [-0.15, -0.1) is 0 Å². The summed E-state index contributed by atoms with van der Waals surface area (Å²) in [4.78, 5) is 26.9. The van der Waals surface area contributed by atoms with E-state index in [2.05, 4.69) is 57.1 Å². The van der Waals surface area contributed by atoms with Gasteiger partial charge in [0.25, 0.3) is 0 Å². The molecule has 0 aromatic rings. The highest BCUT2D eigenvalue weighted by atomic mass is 16.5. The summed E-state index contributed by atoms with van der Waals surface area (Å²) < 4.78 is 17.3. The van der Waals surface area contributed by atoms with Crippen LogP contribution in [0, 0.1) is 17.8 Å². The second-order valence-corrected chi connectivity index (χ2v) is 17.0. The standard InChI is InChI=1S/C51H95NO5/c1-7-12-25-33-47(6)40-44-56-50(53)38-30-23-19-15-17-21-28-36-49(46-55-43-32-42-52(10-4)11-5)37-29-22-18-16-20-24-31-39-51(54)57-45-41-48(34-26-13-8-2)35-27-14-9-3/h8,34,47-49H,7,9-12,14-25,27-33,35-46H2,1-6H3. The van der Waals surface area contributed by atoms with Crippen LogP contribution < -0.4 is 0 Å². The zero-order chi connectivity index (χ0) is 41.9. The molecule has 0 radical (unpaired) electrons. The van der Waals surface area contributed by atoms with Crippen molar-refractivity contribution in [2.75, 3.05) is 46.1 Å². The Kier molecular flexibility index (Phi) is 42.3. The topological polar surface area (TPSA) is 65.1 Å². The quantitative estimate of drug-likeness (QED) is 0.0348. The number of rotatable bonds is 43. The van der Waals surface area contributed by atoms with Crippen molar-refractivity contribution < 1.29 is 23.8 Å². The molecular formula is C51H95NO5. The lowest BCUT2D eigenvalue weighted by Gasteiger charge is -2.19. The molecule has 0 aromatic carbocycles. The van der Waals surface area contributed by atoms with Crippen LogP contribution in [0.15, 0.2) is 23.6 Å². The third-order valence-electron chi connectivity index (χ3n) is 11.6. The number of carbonyl (C=O) groups excluding carboxylic acids is 2. The lowest BCUT2D eigenvalue weighted by Crippen LogP contribution is -2.25. The minimum atomic E-state index is -0.0424. The smallest absolute Gasteiger partial charge is 0.305 e. The predicted molar refractivity (Wildman–Crippen MR) is 244 cm³/mol. The highest BCUT2D eigenvalue weighted by Gasteiger charge is 2.11. The molecule has 6 nitrogen and oxygen atoms in total. The van der Waals surface area contributed by atoms with Crippen molar-refractivity contribution in [1.29, 1.82) is 0 Å². The molecule has 0 aromatic heterocycles. The summed E-state index contributed by atoms with van der Waals surface area (Å²) in [6.45, 7) is 19.4. The van der Waals surface area contributed by atoms with E-state index < -0.39 is 0 Å². The number of nitrogens with zero attached hydrogens (tertiary/aromatic N) is 1. The predicted octanol–water partition coefficient (Wildman–Crippen LogP) is 14.5. The van der Waals surface area contributed by atoms with E-state index in [4.69, 9.17) is 14.2 Å². The van der Waals surface area contributed by atoms with Gasteiger partial charge >= 0.3 is 11.9 Å². The van der Waals surface area contributed by atoms with Gasteiger partial charge in [0.1, 0.15) is 0 Å². The number of hydrogen-bond acceptors (Lipinski definition) is 6. The third-order valence-corrected chi connectivity index (χ3v) is 11.6. The van der Waals surface area contributed by atoms with Gasteiger partial charge in [0.15, 0.2) is 0 Å². The van der Waals surface area contributed by atoms with E-state index in [-0.39, 0.29) is 11.9 Å². The van der Waals surface area contributed by atoms with Gasteiger partial charge in [0.05, 0.1) is 13.2 Å². The Balaban J connectivity index is 4.18. The van der Waals surface area contributed by atoms with Gasteiger partial charge in [0.2, 0.25) is 0 Å². The Hall–Kier alpha value is -1.84. The zero-order valence-corrected chi connectivity index (χ0v) is 38.8. The largest absolute Gasteiger partial charge is 0.466 e. The van der Waals surface area contributed by atoms with Crippen LogP contribution in [0.4, 0.5) is 0 Å². The summed E-state index contributed by atoms with van der Waals surface area (Å²) in [5, 5.41) is 0. The van der Waals surface area contributed by atoms with Crippen molar-refractivity contribution in [3.8, 4) is 0 Å². The molecule has 0 amide bonds. The molecule has 0 N–H and O–H groups in total. The van der Waals surface area contributed by atoms with E-state index in [1.54, 1.807) is 0 Å². The Bertz CT molecular complexity index is 980. The number of esters is 2. The third kappa shape index (κ3) is 39.4. The molecule has 0 heterocycles. The van der Waals surface area contributed by atoms with Gasteiger partial charge in [-0.05, 0) is 101 Å². The fourth-order valence-electron chi connectivity index (χ4n) is 7.61. The van der Waals surface area contributed by atoms with E-state index >= 15 is 0 Å². The summed E-state index contributed by atoms with van der Waals surface area (Å²) in [7, 11) is 0. The fourth-order valence-corrected chi connectivity index (χ4v) is 7.61. The molecule has 334 valence electrons. The normalized spacial score (nSPS) is 12.8. The minimum absolute atomic E-state index is 0.00793. The molecule has 0 aliphatic carbocycles. The zero-order valence-electron chi connectivity index (χ0n) is 38.8. The molecule has 0 aliphatic heterocycles. The van der Waals surface area contributed by atoms with Crippen LogP contribution in [0.5, 0.6) is 0 Å². The number of carbonyl (C=O) groups is 2. The van der Waals surface area contributed by atoms with Crippen molar-refractivity contribution in [1.82, 2.24) is 4.90 Å². The summed E-state index contributed by atoms with van der Waals surface area (Å²) in [5.41, 5.74) is 6.15. The monoisotopic (exact) mass is 802 g/mol. The number of allylic oxidation sites excluding steroid dienone is 2. The van der Waals surface area contributed by atoms with Crippen molar-refractivity contribution in [2.24, 2.45) is 17.8 Å². The highest BCUT2D eigenvalue weighted by molar-refractivity contribution is 5.69. The van der Waals surface area contributed by atoms with Crippen LogP contribution in [0.3, 0.4) is 0 Å². The molecular weight excluding hydrogens is 707 g/mol. The number of hydrogen-bond donors (Lipinski definition) is 0. The molecule has 0 aliphatic rings. The summed E-state index contributed by atoms with van der Waals surface area (Å²) in [6.07, 6.45) is 37.4. The van der Waals surface area contributed by atoms with Crippen LogP contribution in [-0.4, -0.2) is 62.9 Å². The first kappa shape index (κ1) is 55.2. The van der Waals surface area contributed by atoms with Crippen LogP contribution in [-0.2, 0) is 23.8 Å². The average Bonchev–Trinajstić information content (AvgIpc) is 3.20. The van der Waals surface area contributed by atoms with Crippen molar-refractivity contribution in [3.05, 3.63) is 23.6 Å². The maximum absolute atomic E-state index is 12.3. The Morgan fingerprint density at radius 1 is 0.544 bits per heavy atom. The summed E-state index contributed by atoms with van der Waals surface area (Å²) >= 11 is 0. The van der Waals surface area contributed by atoms with Crippen molar-refractivity contribution in [2.45, 2.75) is 228 Å². The average molecular weight is 802 g/mol. The van der Waals surface area contributed by atoms with E-state index in [0.717, 1.165) is 84.2 Å². The number of unbranched alkanes of at least 4 members (excludes halogenated alkanes) is 16. The van der Waals surface area contributed by atoms with E-state index in [1.165, 1.54) is 122 Å². The van der Waals surface area contributed by atoms with Crippen LogP contribution in [0.25, 0.3) is 0 Å². The Morgan fingerprint density at radius 3 is 1.56 bits per heavy atom. The molecule has 6 heteroatoms. The first-order valence-electron chi connectivity index (χ1n) is 24.6. The summed E-state index contributed by atoms with van der Waals surface area (Å²) in [6, 6.07) is 0. The van der Waals surface area contributed by atoms with Gasteiger partial charge in [-0.3, -0.25) is 9.59 Å². The molecule has 0 bridgehead atoms. The number of ether oxygens (including phenoxy) is 3. The van der Waals surface area contributed by atoms with Crippen LogP contribution in [0.2, 0.25) is 0 Å². The maximum Gasteiger partial charge on any atom is 0.305 e. The Labute approximate surface area is 354 Å². The SMILES string of the molecule is CC=C=C=CC(CCCCC)CCOC(=O)CCCCCCCCCC(CCCCCCCCCC(=O)OCCC(C)CCCCC)COCCCN(CC)CC. The van der Waals surface area contributed by atoms with Gasteiger partial charge in [-0.1, -0.05) is 168 Å². The lowest BCUT2D eigenvalue weighted by molar-refractivity contribution is -0.145. The van der Waals surface area contributed by atoms with E-state index in [1.807, 2.05) is 13.0 Å². The minimum Gasteiger partial charge on any atom is -0.466 e. The molecule has 0 rings (SSSR count). The van der Waals surface area contributed by atoms with Gasteiger partial charge in [-0.2, -0.15) is 0 Å². The molecule has 0 spiro atoms. The molecule has 0 fully saturated rings. The van der Waals surface area contributed by atoms with E-state index in [0.29, 0.717) is 43.8 Å². The molecule has 0 saturated heterocycles. The Morgan fingerprint density at radius 2 is 1.04 bits per heavy atom. The van der Waals surface area contributed by atoms with Crippen molar-refractivity contribution in [3.63, 3.8) is 0 Å². The molecule has 3 unspecified atom stereocenters. The van der Waals surface area contributed by atoms with Crippen LogP contribution >= 0.6 is 0 Å². The molecule has 57 heavy (non-hydrogen) atoms. The lowest BCUT2D eigenvalue weighted by atomic mass is 9.94. The summed E-state index contributed by atoms with van der Waals surface area (Å²) in [5.74, 6) is 1.67. The van der Waals surface area contributed by atoms with Gasteiger partial charge in [0, 0.05) is 32.6 Å². The maximum atomic E-state index is 12.3. The second-order valence-electron chi connectivity index (χ2n) is 17.0. The molecule has 0 saturated carbocycles. The fraction of sp³-hybridized carbons (Fsp3) is 0.882. The first-order chi connectivity index (χ1) is 27.9. The molecule has 3 atom stereocenters.